The summed E-state index contributed by atoms with van der Waals surface area (Å²) >= 11 is 9.72. The summed E-state index contributed by atoms with van der Waals surface area (Å²) in [5.74, 6) is 0.723. The average Bonchev–Trinajstić information content (AvgIpc) is 2.41. The molecule has 0 spiro atoms. The molecule has 1 saturated heterocycles. The van der Waals surface area contributed by atoms with Gasteiger partial charge < -0.3 is 10.2 Å². The molecule has 2 nitrogen and oxygen atoms in total. The molecule has 1 heterocycles. The first-order chi connectivity index (χ1) is 9.51. The summed E-state index contributed by atoms with van der Waals surface area (Å²) in [5, 5.41) is 4.48. The van der Waals surface area contributed by atoms with Gasteiger partial charge in [0, 0.05) is 35.3 Å². The molecule has 20 heavy (non-hydrogen) atoms. The highest BCUT2D eigenvalue weighted by atomic mass is 79.9. The third-order valence-corrected chi connectivity index (χ3v) is 5.19. The van der Waals surface area contributed by atoms with Crippen molar-refractivity contribution in [1.82, 2.24) is 5.32 Å². The van der Waals surface area contributed by atoms with E-state index in [1.807, 2.05) is 6.07 Å². The first kappa shape index (κ1) is 16.1. The Hall–Kier alpha value is -0.250. The molecule has 1 aromatic rings. The van der Waals surface area contributed by atoms with Gasteiger partial charge in [0.05, 0.1) is 5.02 Å². The van der Waals surface area contributed by atoms with Crippen molar-refractivity contribution in [1.29, 1.82) is 0 Å². The lowest BCUT2D eigenvalue weighted by atomic mass is 9.98. The normalized spacial score (nSPS) is 23.4. The third kappa shape index (κ3) is 3.90. The van der Waals surface area contributed by atoms with Crippen molar-refractivity contribution in [3.05, 3.63) is 27.7 Å². The second-order valence-corrected chi connectivity index (χ2v) is 7.31. The van der Waals surface area contributed by atoms with E-state index in [0.29, 0.717) is 12.1 Å². The average molecular weight is 360 g/mol. The summed E-state index contributed by atoms with van der Waals surface area (Å²) in [6, 6.07) is 7.41. The Kier molecular flexibility index (Phi) is 5.76. The highest BCUT2D eigenvalue weighted by Gasteiger charge is 2.27. The van der Waals surface area contributed by atoms with Gasteiger partial charge in [0.25, 0.3) is 0 Å². The molecule has 0 saturated carbocycles. The quantitative estimate of drug-likeness (QED) is 0.838. The van der Waals surface area contributed by atoms with E-state index in [9.17, 15) is 0 Å². The predicted octanol–water partition coefficient (Wildman–Crippen LogP) is 4.71. The molecule has 0 bridgehead atoms. The van der Waals surface area contributed by atoms with Gasteiger partial charge >= 0.3 is 0 Å². The smallest absolute Gasteiger partial charge is 0.0568 e. The van der Waals surface area contributed by atoms with Gasteiger partial charge in [0.2, 0.25) is 0 Å². The molecule has 1 aliphatic heterocycles. The molecule has 112 valence electrons. The van der Waals surface area contributed by atoms with E-state index < -0.39 is 0 Å². The highest BCUT2D eigenvalue weighted by molar-refractivity contribution is 9.10. The van der Waals surface area contributed by atoms with Crippen molar-refractivity contribution in [3.63, 3.8) is 0 Å². The standard InChI is InChI=1S/C16H24BrClN2/c1-4-13-9-19-12(7-11(2)3)10-20(13)14-5-6-15(17)16(18)8-14/h5-6,8,11-13,19H,4,7,9-10H2,1-3H3. The maximum absolute atomic E-state index is 6.26. The Bertz CT molecular complexity index is 450. The predicted molar refractivity (Wildman–Crippen MR) is 91.8 cm³/mol. The molecule has 0 aromatic heterocycles. The molecule has 1 N–H and O–H groups in total. The SMILES string of the molecule is CCC1CNC(CC(C)C)CN1c1ccc(Br)c(Cl)c1. The molecule has 2 unspecified atom stereocenters. The van der Waals surface area contributed by atoms with Crippen LogP contribution < -0.4 is 10.2 Å². The second kappa shape index (κ2) is 7.15. The van der Waals surface area contributed by atoms with Crippen LogP contribution in [0.5, 0.6) is 0 Å². The van der Waals surface area contributed by atoms with Crippen LogP contribution in [0.3, 0.4) is 0 Å². The van der Waals surface area contributed by atoms with Crippen molar-refractivity contribution >= 4 is 33.2 Å². The number of benzene rings is 1. The number of nitrogens with zero attached hydrogens (tertiary/aromatic N) is 1. The van der Waals surface area contributed by atoms with Crippen LogP contribution >= 0.6 is 27.5 Å². The van der Waals surface area contributed by atoms with Crippen molar-refractivity contribution in [2.24, 2.45) is 5.92 Å². The number of anilines is 1. The molecular formula is C16H24BrClN2. The van der Waals surface area contributed by atoms with Gasteiger partial charge in [0.15, 0.2) is 0 Å². The summed E-state index contributed by atoms with van der Waals surface area (Å²) in [5.41, 5.74) is 1.24. The van der Waals surface area contributed by atoms with Crippen LogP contribution in [0.2, 0.25) is 5.02 Å². The molecular weight excluding hydrogens is 336 g/mol. The summed E-state index contributed by atoms with van der Waals surface area (Å²) in [7, 11) is 0. The van der Waals surface area contributed by atoms with E-state index in [1.54, 1.807) is 0 Å². The van der Waals surface area contributed by atoms with Crippen LogP contribution in [0.4, 0.5) is 5.69 Å². The second-order valence-electron chi connectivity index (χ2n) is 6.05. The molecule has 4 heteroatoms. The molecule has 2 atom stereocenters. The zero-order chi connectivity index (χ0) is 14.7. The van der Waals surface area contributed by atoms with Crippen LogP contribution in [-0.2, 0) is 0 Å². The van der Waals surface area contributed by atoms with Crippen molar-refractivity contribution < 1.29 is 0 Å². The number of hydrogen-bond donors (Lipinski definition) is 1. The maximum atomic E-state index is 6.26. The Morgan fingerprint density at radius 1 is 1.45 bits per heavy atom. The lowest BCUT2D eigenvalue weighted by Gasteiger charge is -2.42. The van der Waals surface area contributed by atoms with Crippen molar-refractivity contribution in [2.75, 3.05) is 18.0 Å². The number of rotatable bonds is 4. The molecule has 1 fully saturated rings. The van der Waals surface area contributed by atoms with Gasteiger partial charge in [0.1, 0.15) is 0 Å². The molecule has 0 aliphatic carbocycles. The summed E-state index contributed by atoms with van der Waals surface area (Å²) in [6.07, 6.45) is 2.37. The topological polar surface area (TPSA) is 15.3 Å². The van der Waals surface area contributed by atoms with Crippen molar-refractivity contribution in [2.45, 2.75) is 45.7 Å². The Morgan fingerprint density at radius 2 is 2.20 bits per heavy atom. The summed E-state index contributed by atoms with van der Waals surface area (Å²) in [6.45, 7) is 8.95. The molecule has 0 amide bonds. The van der Waals surface area contributed by atoms with Gasteiger partial charge in [-0.25, -0.2) is 0 Å². The van der Waals surface area contributed by atoms with E-state index in [1.165, 1.54) is 12.1 Å². The van der Waals surface area contributed by atoms with Crippen LogP contribution in [0.25, 0.3) is 0 Å². The fourth-order valence-corrected chi connectivity index (χ4v) is 3.36. The first-order valence-corrected chi connectivity index (χ1v) is 8.63. The fraction of sp³-hybridized carbons (Fsp3) is 0.625. The molecule has 1 aliphatic rings. The monoisotopic (exact) mass is 358 g/mol. The van der Waals surface area contributed by atoms with Crippen LogP contribution in [0, 0.1) is 5.92 Å². The van der Waals surface area contributed by atoms with Crippen LogP contribution in [0.15, 0.2) is 22.7 Å². The Labute approximate surface area is 136 Å². The first-order valence-electron chi connectivity index (χ1n) is 7.46. The van der Waals surface area contributed by atoms with E-state index >= 15 is 0 Å². The minimum Gasteiger partial charge on any atom is -0.366 e. The minimum atomic E-state index is 0.552. The number of halogens is 2. The van der Waals surface area contributed by atoms with Gasteiger partial charge in [-0.2, -0.15) is 0 Å². The Balaban J connectivity index is 2.17. The minimum absolute atomic E-state index is 0.552. The largest absolute Gasteiger partial charge is 0.366 e. The van der Waals surface area contributed by atoms with Crippen LogP contribution in [-0.4, -0.2) is 25.2 Å². The molecule has 2 rings (SSSR count). The van der Waals surface area contributed by atoms with Gasteiger partial charge in [-0.3, -0.25) is 0 Å². The summed E-state index contributed by atoms with van der Waals surface area (Å²) in [4.78, 5) is 2.52. The van der Waals surface area contributed by atoms with E-state index in [-0.39, 0.29) is 0 Å². The zero-order valence-electron chi connectivity index (χ0n) is 12.5. The Morgan fingerprint density at radius 3 is 2.80 bits per heavy atom. The van der Waals surface area contributed by atoms with Crippen LogP contribution in [0.1, 0.15) is 33.6 Å². The number of nitrogens with one attached hydrogen (secondary N) is 1. The van der Waals surface area contributed by atoms with E-state index in [2.05, 4.69) is 59.1 Å². The maximum Gasteiger partial charge on any atom is 0.0568 e. The van der Waals surface area contributed by atoms with Gasteiger partial charge in [-0.1, -0.05) is 32.4 Å². The third-order valence-electron chi connectivity index (χ3n) is 3.96. The number of piperazine rings is 1. The van der Waals surface area contributed by atoms with E-state index in [0.717, 1.165) is 34.9 Å². The highest BCUT2D eigenvalue weighted by Crippen LogP contribution is 2.30. The number of hydrogen-bond acceptors (Lipinski definition) is 2. The lowest BCUT2D eigenvalue weighted by molar-refractivity contribution is 0.343. The molecule has 1 aromatic carbocycles. The van der Waals surface area contributed by atoms with Gasteiger partial charge in [-0.15, -0.1) is 0 Å². The van der Waals surface area contributed by atoms with Gasteiger partial charge in [-0.05, 0) is 52.9 Å². The van der Waals surface area contributed by atoms with Crippen molar-refractivity contribution in [3.8, 4) is 0 Å². The summed E-state index contributed by atoms with van der Waals surface area (Å²) < 4.78 is 0.963. The lowest BCUT2D eigenvalue weighted by Crippen LogP contribution is -2.56. The van der Waals surface area contributed by atoms with E-state index in [4.69, 9.17) is 11.6 Å². The molecule has 0 radical (unpaired) electrons. The zero-order valence-corrected chi connectivity index (χ0v) is 14.8. The fourth-order valence-electron chi connectivity index (χ4n) is 2.94.